The maximum atomic E-state index is 5.92. The topological polar surface area (TPSA) is 58.3 Å². The molecule has 1 aliphatic rings. The van der Waals surface area contributed by atoms with Crippen molar-refractivity contribution in [3.05, 3.63) is 10.9 Å². The van der Waals surface area contributed by atoms with E-state index in [9.17, 15) is 0 Å². The molecule has 3 rings (SSSR count). The Balaban J connectivity index is 1.99. The molecule has 1 saturated heterocycles. The predicted octanol–water partition coefficient (Wildman–Crippen LogP) is 2.37. The van der Waals surface area contributed by atoms with Crippen LogP contribution in [0.3, 0.4) is 0 Å². The van der Waals surface area contributed by atoms with Crippen LogP contribution in [0.2, 0.25) is 0 Å². The molecule has 0 aromatic carbocycles. The zero-order chi connectivity index (χ0) is 15.0. The van der Waals surface area contributed by atoms with E-state index in [1.54, 1.807) is 11.3 Å². The maximum Gasteiger partial charge on any atom is 0.223 e. The first-order valence-corrected chi connectivity index (χ1v) is 8.37. The fraction of sp³-hybridized carbons (Fsp3) is 0.600. The molecule has 0 amide bonds. The highest BCUT2D eigenvalue weighted by molar-refractivity contribution is 7.18. The number of likely N-dealkylation sites (tertiary alicyclic amines) is 1. The second kappa shape index (κ2) is 5.77. The lowest BCUT2D eigenvalue weighted by molar-refractivity contribution is 0.247. The number of anilines is 2. The molecule has 114 valence electrons. The van der Waals surface area contributed by atoms with Crippen molar-refractivity contribution in [2.45, 2.75) is 32.2 Å². The van der Waals surface area contributed by atoms with Crippen molar-refractivity contribution in [2.24, 2.45) is 0 Å². The number of aryl methyl sites for hydroxylation is 1. The van der Waals surface area contributed by atoms with Crippen LogP contribution in [0.5, 0.6) is 0 Å². The summed E-state index contributed by atoms with van der Waals surface area (Å²) in [7, 11) is 4.32. The molecule has 0 radical (unpaired) electrons. The van der Waals surface area contributed by atoms with Crippen molar-refractivity contribution in [3.63, 3.8) is 0 Å². The van der Waals surface area contributed by atoms with Gasteiger partial charge in [-0.05, 0) is 38.9 Å². The third-order valence-corrected chi connectivity index (χ3v) is 5.44. The number of aromatic nitrogens is 2. The van der Waals surface area contributed by atoms with Crippen molar-refractivity contribution in [1.82, 2.24) is 14.9 Å². The summed E-state index contributed by atoms with van der Waals surface area (Å²) in [5.74, 6) is 1.35. The van der Waals surface area contributed by atoms with Gasteiger partial charge in [0.2, 0.25) is 5.95 Å². The van der Waals surface area contributed by atoms with Gasteiger partial charge in [-0.25, -0.2) is 4.98 Å². The summed E-state index contributed by atoms with van der Waals surface area (Å²) in [6, 6.07) is 2.71. The molecule has 0 saturated carbocycles. The molecule has 21 heavy (non-hydrogen) atoms. The Bertz CT molecular complexity index is 638. The molecule has 6 heteroatoms. The molecule has 2 aromatic rings. The summed E-state index contributed by atoms with van der Waals surface area (Å²) in [6.07, 6.45) is 3.46. The van der Waals surface area contributed by atoms with Gasteiger partial charge in [-0.15, -0.1) is 11.3 Å². The first-order chi connectivity index (χ1) is 10.1. The third kappa shape index (κ3) is 2.82. The maximum absolute atomic E-state index is 5.92. The van der Waals surface area contributed by atoms with Crippen LogP contribution in [-0.2, 0) is 6.42 Å². The SMILES string of the molecule is CCc1cc2c(N(C)C3CCCN(C)C3)nc(N)nc2s1. The molecule has 0 bridgehead atoms. The van der Waals surface area contributed by atoms with Gasteiger partial charge in [-0.2, -0.15) is 4.98 Å². The zero-order valence-electron chi connectivity index (χ0n) is 13.0. The van der Waals surface area contributed by atoms with Gasteiger partial charge in [0.15, 0.2) is 0 Å². The van der Waals surface area contributed by atoms with E-state index in [1.165, 1.54) is 24.3 Å². The first-order valence-electron chi connectivity index (χ1n) is 7.55. The molecular formula is C15H23N5S. The van der Waals surface area contributed by atoms with Gasteiger partial charge in [-0.1, -0.05) is 6.92 Å². The summed E-state index contributed by atoms with van der Waals surface area (Å²) in [5.41, 5.74) is 5.92. The lowest BCUT2D eigenvalue weighted by Gasteiger charge is -2.36. The van der Waals surface area contributed by atoms with Crippen molar-refractivity contribution < 1.29 is 0 Å². The lowest BCUT2D eigenvalue weighted by atomic mass is 10.0. The molecule has 5 nitrogen and oxygen atoms in total. The van der Waals surface area contributed by atoms with Crippen LogP contribution in [-0.4, -0.2) is 48.1 Å². The Labute approximate surface area is 129 Å². The van der Waals surface area contributed by atoms with Crippen LogP contribution in [0.25, 0.3) is 10.2 Å². The molecule has 1 aliphatic heterocycles. The van der Waals surface area contributed by atoms with Gasteiger partial charge in [-0.3, -0.25) is 0 Å². The summed E-state index contributed by atoms with van der Waals surface area (Å²) in [5, 5.41) is 1.14. The number of nitrogens with two attached hydrogens (primary N) is 1. The number of thiophene rings is 1. The Hall–Kier alpha value is -1.40. The van der Waals surface area contributed by atoms with E-state index in [1.807, 2.05) is 0 Å². The number of piperidine rings is 1. The normalized spacial score (nSPS) is 20.0. The van der Waals surface area contributed by atoms with Gasteiger partial charge in [0.05, 0.1) is 5.39 Å². The highest BCUT2D eigenvalue weighted by Crippen LogP contribution is 2.33. The molecular weight excluding hydrogens is 282 g/mol. The smallest absolute Gasteiger partial charge is 0.223 e. The number of rotatable bonds is 3. The van der Waals surface area contributed by atoms with Crippen LogP contribution >= 0.6 is 11.3 Å². The number of hydrogen-bond acceptors (Lipinski definition) is 6. The fourth-order valence-corrected chi connectivity index (χ4v) is 4.01. The molecule has 1 unspecified atom stereocenters. The zero-order valence-corrected chi connectivity index (χ0v) is 13.8. The number of fused-ring (bicyclic) bond motifs is 1. The van der Waals surface area contributed by atoms with Crippen LogP contribution < -0.4 is 10.6 Å². The fourth-order valence-electron chi connectivity index (χ4n) is 3.04. The molecule has 0 spiro atoms. The van der Waals surface area contributed by atoms with E-state index in [-0.39, 0.29) is 0 Å². The Kier molecular flexibility index (Phi) is 3.99. The molecule has 2 aromatic heterocycles. The van der Waals surface area contributed by atoms with Gasteiger partial charge in [0.1, 0.15) is 10.6 Å². The average Bonchev–Trinajstić information content (AvgIpc) is 2.88. The van der Waals surface area contributed by atoms with E-state index < -0.39 is 0 Å². The largest absolute Gasteiger partial charge is 0.368 e. The average molecular weight is 305 g/mol. The molecule has 1 fully saturated rings. The summed E-state index contributed by atoms with van der Waals surface area (Å²) >= 11 is 1.72. The molecule has 3 heterocycles. The van der Waals surface area contributed by atoms with E-state index in [2.05, 4.69) is 46.9 Å². The summed E-state index contributed by atoms with van der Waals surface area (Å²) in [4.78, 5) is 15.9. The summed E-state index contributed by atoms with van der Waals surface area (Å²) < 4.78 is 0. The first kappa shape index (κ1) is 14.5. The van der Waals surface area contributed by atoms with Gasteiger partial charge < -0.3 is 15.5 Å². The van der Waals surface area contributed by atoms with Gasteiger partial charge in [0, 0.05) is 24.5 Å². The van der Waals surface area contributed by atoms with Crippen LogP contribution in [0.15, 0.2) is 6.07 Å². The van der Waals surface area contributed by atoms with Crippen molar-refractivity contribution in [1.29, 1.82) is 0 Å². The summed E-state index contributed by atoms with van der Waals surface area (Å²) in [6.45, 7) is 4.43. The van der Waals surface area contributed by atoms with Crippen molar-refractivity contribution in [3.8, 4) is 0 Å². The number of likely N-dealkylation sites (N-methyl/N-ethyl adjacent to an activating group) is 2. The minimum absolute atomic E-state index is 0.373. The molecule has 0 aliphatic carbocycles. The minimum Gasteiger partial charge on any atom is -0.368 e. The van der Waals surface area contributed by atoms with Crippen molar-refractivity contribution in [2.75, 3.05) is 37.8 Å². The number of nitrogen functional groups attached to an aromatic ring is 1. The molecule has 2 N–H and O–H groups in total. The van der Waals surface area contributed by atoms with Crippen LogP contribution in [0, 0.1) is 0 Å². The van der Waals surface area contributed by atoms with Gasteiger partial charge in [0.25, 0.3) is 0 Å². The van der Waals surface area contributed by atoms with E-state index in [0.717, 1.165) is 29.0 Å². The number of nitrogens with zero attached hydrogens (tertiary/aromatic N) is 4. The van der Waals surface area contributed by atoms with Gasteiger partial charge >= 0.3 is 0 Å². The number of hydrogen-bond donors (Lipinski definition) is 1. The second-order valence-corrected chi connectivity index (χ2v) is 6.97. The van der Waals surface area contributed by atoms with E-state index in [4.69, 9.17) is 5.73 Å². The highest BCUT2D eigenvalue weighted by atomic mass is 32.1. The van der Waals surface area contributed by atoms with E-state index in [0.29, 0.717) is 12.0 Å². The standard InChI is InChI=1S/C15H23N5S/c1-4-11-8-12-13(17-15(16)18-14(12)21-11)20(3)10-6-5-7-19(2)9-10/h8,10H,4-7,9H2,1-3H3,(H2,16,17,18). The Morgan fingerprint density at radius 1 is 1.48 bits per heavy atom. The highest BCUT2D eigenvalue weighted by Gasteiger charge is 2.24. The monoisotopic (exact) mass is 305 g/mol. The third-order valence-electron chi connectivity index (χ3n) is 4.27. The quantitative estimate of drug-likeness (QED) is 0.943. The van der Waals surface area contributed by atoms with Crippen LogP contribution in [0.1, 0.15) is 24.6 Å². The van der Waals surface area contributed by atoms with Crippen LogP contribution in [0.4, 0.5) is 11.8 Å². The molecule has 1 atom stereocenters. The second-order valence-electron chi connectivity index (χ2n) is 5.86. The van der Waals surface area contributed by atoms with Crippen molar-refractivity contribution >= 4 is 33.3 Å². The predicted molar refractivity (Wildman–Crippen MR) is 90.1 cm³/mol. The van der Waals surface area contributed by atoms with E-state index >= 15 is 0 Å². The minimum atomic E-state index is 0.373. The Morgan fingerprint density at radius 3 is 3.00 bits per heavy atom. The lowest BCUT2D eigenvalue weighted by Crippen LogP contribution is -2.45. The Morgan fingerprint density at radius 2 is 2.29 bits per heavy atom.